The Morgan fingerprint density at radius 1 is 1.12 bits per heavy atom. The molecule has 3 rings (SSSR count). The highest BCUT2D eigenvalue weighted by atomic mass is 79.9. The Morgan fingerprint density at radius 3 is 2.31 bits per heavy atom. The lowest BCUT2D eigenvalue weighted by Gasteiger charge is -2.35. The number of nitrogens with zero attached hydrogens (tertiary/aromatic N) is 1. The van der Waals surface area contributed by atoms with Crippen molar-refractivity contribution < 1.29 is 13.2 Å². The third-order valence-electron chi connectivity index (χ3n) is 4.31. The topological polar surface area (TPSA) is 54.5 Å². The van der Waals surface area contributed by atoms with Crippen LogP contribution in [0.2, 0.25) is 0 Å². The van der Waals surface area contributed by atoms with E-state index in [0.29, 0.717) is 17.4 Å². The summed E-state index contributed by atoms with van der Waals surface area (Å²) in [5.41, 5.74) is 2.73. The minimum absolute atomic E-state index is 0.0134. The van der Waals surface area contributed by atoms with Gasteiger partial charge in [0, 0.05) is 16.6 Å². The molecular formula is C20H18BrNO3S. The summed E-state index contributed by atoms with van der Waals surface area (Å²) < 4.78 is 28.8. The second-order valence-corrected chi connectivity index (χ2v) is 9.04. The molecule has 0 aromatic heterocycles. The van der Waals surface area contributed by atoms with E-state index >= 15 is 0 Å². The van der Waals surface area contributed by atoms with E-state index in [0.717, 1.165) is 15.6 Å². The Labute approximate surface area is 162 Å². The van der Waals surface area contributed by atoms with Crippen LogP contribution in [0.25, 0.3) is 0 Å². The molecule has 0 fully saturated rings. The molecule has 6 heteroatoms. The summed E-state index contributed by atoms with van der Waals surface area (Å²) in [7, 11) is -3.80. The van der Waals surface area contributed by atoms with Gasteiger partial charge < -0.3 is 0 Å². The number of halogens is 1. The molecule has 0 amide bonds. The van der Waals surface area contributed by atoms with Crippen molar-refractivity contribution in [3.05, 3.63) is 87.9 Å². The maximum absolute atomic E-state index is 13.3. The third-order valence-corrected chi connectivity index (χ3v) is 6.67. The third kappa shape index (κ3) is 3.58. The van der Waals surface area contributed by atoms with E-state index < -0.39 is 16.1 Å². The van der Waals surface area contributed by atoms with Gasteiger partial charge >= 0.3 is 0 Å². The van der Waals surface area contributed by atoms with E-state index in [9.17, 15) is 13.2 Å². The van der Waals surface area contributed by atoms with E-state index in [-0.39, 0.29) is 11.4 Å². The molecule has 4 nitrogen and oxygen atoms in total. The van der Waals surface area contributed by atoms with Gasteiger partial charge in [-0.25, -0.2) is 8.42 Å². The van der Waals surface area contributed by atoms with Gasteiger partial charge in [0.05, 0.1) is 10.9 Å². The van der Waals surface area contributed by atoms with Crippen LogP contribution in [0.3, 0.4) is 0 Å². The van der Waals surface area contributed by atoms with Crippen molar-refractivity contribution in [3.8, 4) is 0 Å². The molecule has 1 atom stereocenters. The summed E-state index contributed by atoms with van der Waals surface area (Å²) >= 11 is 3.39. The monoisotopic (exact) mass is 431 g/mol. The molecule has 26 heavy (non-hydrogen) atoms. The van der Waals surface area contributed by atoms with Gasteiger partial charge in [0.15, 0.2) is 0 Å². The van der Waals surface area contributed by atoms with Gasteiger partial charge in [-0.2, -0.15) is 4.31 Å². The maximum Gasteiger partial charge on any atom is 0.244 e. The minimum Gasteiger partial charge on any atom is -0.298 e. The second kappa shape index (κ2) is 7.31. The van der Waals surface area contributed by atoms with E-state index in [1.807, 2.05) is 31.2 Å². The van der Waals surface area contributed by atoms with Crippen molar-refractivity contribution in [2.45, 2.75) is 17.9 Å². The first kappa shape index (κ1) is 18.8. The predicted molar refractivity (Wildman–Crippen MR) is 105 cm³/mol. The number of aldehydes is 1. The lowest BCUT2D eigenvalue weighted by Crippen LogP contribution is -2.39. The van der Waals surface area contributed by atoms with Gasteiger partial charge in [0.2, 0.25) is 10.0 Å². The highest BCUT2D eigenvalue weighted by molar-refractivity contribution is 9.10. The van der Waals surface area contributed by atoms with E-state index in [1.165, 1.54) is 4.31 Å². The molecule has 1 aliphatic heterocycles. The van der Waals surface area contributed by atoms with Gasteiger partial charge in [-0.1, -0.05) is 52.3 Å². The standard InChI is InChI=1S/C20H18BrNO3S/c1-14-3-9-19(10-4-14)26(24,25)22-12-16(13-23)11-15(2)20(22)17-5-7-18(21)8-6-17/h3-11,13,20H,2,12H2,1H3/t20-/m0/s1. The Balaban J connectivity index is 2.12. The molecule has 0 aliphatic carbocycles. The first-order valence-corrected chi connectivity index (χ1v) is 10.2. The van der Waals surface area contributed by atoms with E-state index in [4.69, 9.17) is 0 Å². The summed E-state index contributed by atoms with van der Waals surface area (Å²) in [5, 5.41) is 0. The summed E-state index contributed by atoms with van der Waals surface area (Å²) in [4.78, 5) is 11.5. The molecule has 1 aliphatic rings. The van der Waals surface area contributed by atoms with Crippen LogP contribution < -0.4 is 0 Å². The fourth-order valence-corrected chi connectivity index (χ4v) is 4.85. The van der Waals surface area contributed by atoms with Gasteiger partial charge in [0.1, 0.15) is 6.29 Å². The van der Waals surface area contributed by atoms with Gasteiger partial charge in [-0.05, 0) is 48.4 Å². The molecule has 0 unspecified atom stereocenters. The predicted octanol–water partition coefficient (Wildman–Crippen LogP) is 4.18. The van der Waals surface area contributed by atoms with Crippen molar-refractivity contribution >= 4 is 32.2 Å². The molecule has 2 aromatic carbocycles. The average Bonchev–Trinajstić information content (AvgIpc) is 2.62. The number of benzene rings is 2. The first-order chi connectivity index (χ1) is 12.3. The molecule has 134 valence electrons. The Bertz CT molecular complexity index is 977. The molecule has 1 heterocycles. The van der Waals surface area contributed by atoms with Gasteiger partial charge in [-0.15, -0.1) is 0 Å². The summed E-state index contributed by atoms with van der Waals surface area (Å²) in [6.07, 6.45) is 2.35. The molecule has 0 spiro atoms. The molecule has 0 saturated carbocycles. The van der Waals surface area contributed by atoms with Crippen molar-refractivity contribution in [2.24, 2.45) is 0 Å². The summed E-state index contributed by atoms with van der Waals surface area (Å²) in [6, 6.07) is 13.6. The Kier molecular flexibility index (Phi) is 5.27. The second-order valence-electron chi connectivity index (χ2n) is 6.23. The van der Waals surface area contributed by atoms with Crippen LogP contribution in [-0.4, -0.2) is 25.6 Å². The Morgan fingerprint density at radius 2 is 1.73 bits per heavy atom. The maximum atomic E-state index is 13.3. The smallest absolute Gasteiger partial charge is 0.244 e. The summed E-state index contributed by atoms with van der Waals surface area (Å²) in [6.45, 7) is 5.92. The van der Waals surface area contributed by atoms with Crippen LogP contribution in [0.5, 0.6) is 0 Å². The average molecular weight is 432 g/mol. The van der Waals surface area contributed by atoms with Crippen LogP contribution in [0.1, 0.15) is 17.2 Å². The largest absolute Gasteiger partial charge is 0.298 e. The normalized spacial score (nSPS) is 18.5. The van der Waals surface area contributed by atoms with Crippen molar-refractivity contribution in [3.63, 3.8) is 0 Å². The van der Waals surface area contributed by atoms with Crippen molar-refractivity contribution in [1.82, 2.24) is 4.31 Å². The fraction of sp³-hybridized carbons (Fsp3) is 0.150. The van der Waals surface area contributed by atoms with Crippen LogP contribution in [0.15, 0.2) is 81.7 Å². The molecule has 0 radical (unpaired) electrons. The molecule has 0 bridgehead atoms. The van der Waals surface area contributed by atoms with Gasteiger partial charge in [-0.3, -0.25) is 4.79 Å². The number of rotatable bonds is 4. The van der Waals surface area contributed by atoms with Crippen LogP contribution in [0, 0.1) is 6.92 Å². The SMILES string of the molecule is C=C1C=C(C=O)CN(S(=O)(=O)c2ccc(C)cc2)[C@@H]1c1ccc(Br)cc1. The number of hydrogen-bond donors (Lipinski definition) is 0. The van der Waals surface area contributed by atoms with E-state index in [2.05, 4.69) is 22.5 Å². The quantitative estimate of drug-likeness (QED) is 0.681. The number of aryl methyl sites for hydroxylation is 1. The Hall–Kier alpha value is -2.02. The van der Waals surface area contributed by atoms with Crippen LogP contribution >= 0.6 is 15.9 Å². The lowest BCUT2D eigenvalue weighted by atomic mass is 9.95. The zero-order valence-electron chi connectivity index (χ0n) is 14.2. The van der Waals surface area contributed by atoms with Crippen LogP contribution in [-0.2, 0) is 14.8 Å². The first-order valence-electron chi connectivity index (χ1n) is 8.01. The molecule has 2 aromatic rings. The van der Waals surface area contributed by atoms with Crippen LogP contribution in [0.4, 0.5) is 0 Å². The minimum atomic E-state index is -3.80. The number of sulfonamides is 1. The van der Waals surface area contributed by atoms with E-state index in [1.54, 1.807) is 30.3 Å². The zero-order valence-corrected chi connectivity index (χ0v) is 16.6. The summed E-state index contributed by atoms with van der Waals surface area (Å²) in [5.74, 6) is 0. The number of carbonyl (C=O) groups is 1. The molecular weight excluding hydrogens is 414 g/mol. The van der Waals surface area contributed by atoms with Crippen molar-refractivity contribution in [2.75, 3.05) is 6.54 Å². The number of carbonyl (C=O) groups excluding carboxylic acids is 1. The molecule has 0 saturated heterocycles. The molecule has 0 N–H and O–H groups in total. The van der Waals surface area contributed by atoms with Gasteiger partial charge in [0.25, 0.3) is 0 Å². The highest BCUT2D eigenvalue weighted by Crippen LogP contribution is 2.37. The zero-order chi connectivity index (χ0) is 18.9. The fourth-order valence-electron chi connectivity index (χ4n) is 2.98. The number of hydrogen-bond acceptors (Lipinski definition) is 3. The highest BCUT2D eigenvalue weighted by Gasteiger charge is 2.36. The van der Waals surface area contributed by atoms with Crippen molar-refractivity contribution in [1.29, 1.82) is 0 Å². The lowest BCUT2D eigenvalue weighted by molar-refractivity contribution is -0.105.